The molecule has 1 aliphatic rings. The number of hydrogen-bond donors (Lipinski definition) is 1. The fraction of sp³-hybridized carbons (Fsp3) is 0.238. The molecule has 0 aliphatic carbocycles. The first-order chi connectivity index (χ1) is 14.3. The van der Waals surface area contributed by atoms with Crippen molar-refractivity contribution in [3.63, 3.8) is 0 Å². The predicted octanol–water partition coefficient (Wildman–Crippen LogP) is 4.00. The van der Waals surface area contributed by atoms with Crippen LogP contribution in [0.25, 0.3) is 11.0 Å². The Labute approximate surface area is 169 Å². The Morgan fingerprint density at radius 2 is 1.90 bits per heavy atom. The molecule has 1 aromatic heterocycles. The first-order valence-corrected chi connectivity index (χ1v) is 9.06. The van der Waals surface area contributed by atoms with E-state index in [2.05, 4.69) is 14.8 Å². The number of aryl methyl sites for hydroxylation is 1. The SMILES string of the molecule is COc1ccc2c(C)c(CCC(=O)Nc3ccc4c(c3)OC(F)(F)O4)c(=O)oc2c1. The van der Waals surface area contributed by atoms with Gasteiger partial charge in [0.05, 0.1) is 7.11 Å². The maximum Gasteiger partial charge on any atom is 0.586 e. The van der Waals surface area contributed by atoms with Gasteiger partial charge in [0, 0.05) is 35.2 Å². The van der Waals surface area contributed by atoms with Crippen molar-refractivity contribution in [2.24, 2.45) is 0 Å². The van der Waals surface area contributed by atoms with Gasteiger partial charge in [0.2, 0.25) is 5.91 Å². The van der Waals surface area contributed by atoms with Crippen LogP contribution < -0.4 is 25.2 Å². The Morgan fingerprint density at radius 3 is 2.67 bits per heavy atom. The van der Waals surface area contributed by atoms with Crippen molar-refractivity contribution >= 4 is 22.6 Å². The maximum absolute atomic E-state index is 13.1. The summed E-state index contributed by atoms with van der Waals surface area (Å²) in [5, 5.41) is 3.34. The Kier molecular flexibility index (Phi) is 4.81. The lowest BCUT2D eigenvalue weighted by atomic mass is 10.0. The molecule has 7 nitrogen and oxygen atoms in total. The number of alkyl halides is 2. The van der Waals surface area contributed by atoms with Crippen LogP contribution in [0.3, 0.4) is 0 Å². The molecule has 0 radical (unpaired) electrons. The van der Waals surface area contributed by atoms with E-state index >= 15 is 0 Å². The molecule has 9 heteroatoms. The predicted molar refractivity (Wildman–Crippen MR) is 103 cm³/mol. The van der Waals surface area contributed by atoms with Gasteiger partial charge in [-0.05, 0) is 43.2 Å². The van der Waals surface area contributed by atoms with Crippen LogP contribution in [0, 0.1) is 6.92 Å². The lowest BCUT2D eigenvalue weighted by molar-refractivity contribution is -0.286. The van der Waals surface area contributed by atoms with Crippen molar-refractivity contribution in [2.75, 3.05) is 12.4 Å². The molecule has 0 atom stereocenters. The Hall–Kier alpha value is -3.62. The Morgan fingerprint density at radius 1 is 1.13 bits per heavy atom. The number of amides is 1. The minimum absolute atomic E-state index is 0.00212. The number of hydrogen-bond acceptors (Lipinski definition) is 6. The third kappa shape index (κ3) is 3.78. The highest BCUT2D eigenvalue weighted by atomic mass is 19.3. The first-order valence-electron chi connectivity index (χ1n) is 9.06. The number of carbonyl (C=O) groups excluding carboxylic acids is 1. The Balaban J connectivity index is 1.47. The molecule has 0 bridgehead atoms. The van der Waals surface area contributed by atoms with Gasteiger partial charge in [0.1, 0.15) is 11.3 Å². The molecule has 0 spiro atoms. The van der Waals surface area contributed by atoms with Crippen LogP contribution in [0.4, 0.5) is 14.5 Å². The molecule has 1 N–H and O–H groups in total. The lowest BCUT2D eigenvalue weighted by Crippen LogP contribution is -2.25. The van der Waals surface area contributed by atoms with Gasteiger partial charge in [-0.15, -0.1) is 8.78 Å². The molecule has 0 saturated carbocycles. The minimum Gasteiger partial charge on any atom is -0.497 e. The average Bonchev–Trinajstić information content (AvgIpc) is 3.00. The van der Waals surface area contributed by atoms with Gasteiger partial charge < -0.3 is 23.9 Å². The van der Waals surface area contributed by atoms with Crippen LogP contribution in [-0.2, 0) is 11.2 Å². The molecule has 30 heavy (non-hydrogen) atoms. The van der Waals surface area contributed by atoms with E-state index in [1.807, 2.05) is 0 Å². The van der Waals surface area contributed by atoms with Crippen LogP contribution in [0.2, 0.25) is 0 Å². The highest BCUT2D eigenvalue weighted by molar-refractivity contribution is 5.91. The summed E-state index contributed by atoms with van der Waals surface area (Å²) in [7, 11) is 1.52. The fourth-order valence-electron chi connectivity index (χ4n) is 3.28. The smallest absolute Gasteiger partial charge is 0.497 e. The monoisotopic (exact) mass is 417 g/mol. The van der Waals surface area contributed by atoms with Crippen molar-refractivity contribution < 1.29 is 32.2 Å². The van der Waals surface area contributed by atoms with Gasteiger partial charge in [-0.2, -0.15) is 0 Å². The van der Waals surface area contributed by atoms with E-state index < -0.39 is 17.8 Å². The number of halogens is 2. The quantitative estimate of drug-likeness (QED) is 0.632. The molecule has 2 heterocycles. The summed E-state index contributed by atoms with van der Waals surface area (Å²) in [4.78, 5) is 24.7. The third-order valence-electron chi connectivity index (χ3n) is 4.78. The molecule has 156 valence electrons. The third-order valence-corrected chi connectivity index (χ3v) is 4.78. The normalized spacial score (nSPS) is 14.0. The van der Waals surface area contributed by atoms with Crippen molar-refractivity contribution in [1.29, 1.82) is 0 Å². The number of benzene rings is 2. The zero-order chi connectivity index (χ0) is 21.5. The highest BCUT2D eigenvalue weighted by Crippen LogP contribution is 2.42. The van der Waals surface area contributed by atoms with Gasteiger partial charge in [0.25, 0.3) is 0 Å². The van der Waals surface area contributed by atoms with E-state index in [0.717, 1.165) is 10.9 Å². The Bertz CT molecular complexity index is 1200. The second-order valence-electron chi connectivity index (χ2n) is 6.73. The number of anilines is 1. The molecule has 0 unspecified atom stereocenters. The van der Waals surface area contributed by atoms with Gasteiger partial charge in [-0.1, -0.05) is 0 Å². The van der Waals surface area contributed by atoms with Crippen molar-refractivity contribution in [2.45, 2.75) is 26.1 Å². The highest BCUT2D eigenvalue weighted by Gasteiger charge is 2.43. The summed E-state index contributed by atoms with van der Waals surface area (Å²) in [6, 6.07) is 9.13. The van der Waals surface area contributed by atoms with E-state index in [4.69, 9.17) is 9.15 Å². The second-order valence-corrected chi connectivity index (χ2v) is 6.73. The van der Waals surface area contributed by atoms with Crippen LogP contribution in [0.1, 0.15) is 17.5 Å². The van der Waals surface area contributed by atoms with Gasteiger partial charge in [-0.25, -0.2) is 4.79 Å². The topological polar surface area (TPSA) is 87.0 Å². The summed E-state index contributed by atoms with van der Waals surface area (Å²) in [5.74, 6) is -0.105. The van der Waals surface area contributed by atoms with Crippen LogP contribution in [-0.4, -0.2) is 19.3 Å². The average molecular weight is 417 g/mol. The van der Waals surface area contributed by atoms with Crippen LogP contribution >= 0.6 is 0 Å². The summed E-state index contributed by atoms with van der Waals surface area (Å²) >= 11 is 0. The van der Waals surface area contributed by atoms with Gasteiger partial charge in [0.15, 0.2) is 11.5 Å². The first kappa shape index (κ1) is 19.7. The number of nitrogens with one attached hydrogen (secondary N) is 1. The van der Waals surface area contributed by atoms with E-state index in [9.17, 15) is 18.4 Å². The number of rotatable bonds is 5. The fourth-order valence-corrected chi connectivity index (χ4v) is 3.28. The van der Waals surface area contributed by atoms with E-state index in [-0.39, 0.29) is 30.0 Å². The molecule has 1 aliphatic heterocycles. The molecule has 4 rings (SSSR count). The van der Waals surface area contributed by atoms with E-state index in [1.165, 1.54) is 25.3 Å². The number of fused-ring (bicyclic) bond motifs is 2. The van der Waals surface area contributed by atoms with Gasteiger partial charge >= 0.3 is 11.9 Å². The molecular weight excluding hydrogens is 400 g/mol. The van der Waals surface area contributed by atoms with E-state index in [1.54, 1.807) is 25.1 Å². The molecule has 3 aromatic rings. The summed E-state index contributed by atoms with van der Waals surface area (Å²) < 4.78 is 45.4. The van der Waals surface area contributed by atoms with Crippen molar-refractivity contribution in [3.05, 3.63) is 57.9 Å². The van der Waals surface area contributed by atoms with Gasteiger partial charge in [-0.3, -0.25) is 4.79 Å². The molecule has 1 amide bonds. The second kappa shape index (κ2) is 7.33. The molecular formula is C21H17F2NO6. The van der Waals surface area contributed by atoms with Crippen LogP contribution in [0.5, 0.6) is 17.2 Å². The maximum atomic E-state index is 13.1. The van der Waals surface area contributed by atoms with Crippen molar-refractivity contribution in [1.82, 2.24) is 0 Å². The standard InChI is InChI=1S/C21H17F2NO6/c1-11-14-5-4-13(27-2)10-17(14)28-20(26)15(11)6-8-19(25)24-12-3-7-16-18(9-12)30-21(22,23)29-16/h3-5,7,9-10H,6,8H2,1-2H3,(H,24,25). The zero-order valence-electron chi connectivity index (χ0n) is 16.1. The molecule has 2 aromatic carbocycles. The minimum atomic E-state index is -3.73. The van der Waals surface area contributed by atoms with Crippen LogP contribution in [0.15, 0.2) is 45.6 Å². The molecule has 0 saturated heterocycles. The number of carbonyl (C=O) groups is 1. The summed E-state index contributed by atoms with van der Waals surface area (Å²) in [6.07, 6.45) is -3.57. The van der Waals surface area contributed by atoms with Crippen molar-refractivity contribution in [3.8, 4) is 17.2 Å². The summed E-state index contributed by atoms with van der Waals surface area (Å²) in [6.45, 7) is 1.79. The largest absolute Gasteiger partial charge is 0.586 e. The number of ether oxygens (including phenoxy) is 3. The van der Waals surface area contributed by atoms with E-state index in [0.29, 0.717) is 16.9 Å². The summed E-state index contributed by atoms with van der Waals surface area (Å²) in [5.41, 5.74) is 1.28. The lowest BCUT2D eigenvalue weighted by Gasteiger charge is -2.09. The zero-order valence-corrected chi connectivity index (χ0v) is 16.1. The number of methoxy groups -OCH3 is 1. The molecule has 0 fully saturated rings.